The average molecular weight is 635 g/mol. The lowest BCUT2D eigenvalue weighted by Gasteiger charge is -2.36. The lowest BCUT2D eigenvalue weighted by atomic mass is 9.99. The maximum absolute atomic E-state index is 14.3. The number of halogens is 6. The molecule has 3 aromatic rings. The van der Waals surface area contributed by atoms with Gasteiger partial charge in [-0.25, -0.2) is 4.98 Å². The normalized spacial score (nSPS) is 16.4. The number of rotatable bonds is 4. The van der Waals surface area contributed by atoms with Crippen molar-refractivity contribution < 1.29 is 35.9 Å². The molecule has 8 nitrogen and oxygen atoms in total. The Balaban J connectivity index is 1.61. The molecular formula is C31H32F6N6O2. The van der Waals surface area contributed by atoms with Gasteiger partial charge in [-0.3, -0.25) is 9.59 Å². The van der Waals surface area contributed by atoms with Gasteiger partial charge in [0.25, 0.3) is 5.91 Å². The molecule has 1 fully saturated rings. The molecule has 14 heteroatoms. The van der Waals surface area contributed by atoms with Gasteiger partial charge in [-0.05, 0) is 42.7 Å². The molecule has 2 aromatic carbocycles. The van der Waals surface area contributed by atoms with E-state index in [1.165, 1.54) is 11.8 Å². The number of aromatic nitrogens is 2. The Morgan fingerprint density at radius 1 is 0.867 bits per heavy atom. The topological polar surface area (TPSA) is 72.9 Å². The summed E-state index contributed by atoms with van der Waals surface area (Å²) in [6.07, 6.45) is -9.63. The second-order valence-corrected chi connectivity index (χ2v) is 11.3. The van der Waals surface area contributed by atoms with Crippen LogP contribution in [0.1, 0.15) is 46.0 Å². The molecule has 0 atom stereocenters. The SMILES string of the molecule is CC(=O)N1CCN(c2nc(-c3ccccc3C)c3c(n2)N(C)CCCN(Cc2cc(C(F)(F)F)cc(C(F)(F)F)c2)C3=O)CC1. The molecule has 45 heavy (non-hydrogen) atoms. The summed E-state index contributed by atoms with van der Waals surface area (Å²) in [4.78, 5) is 42.6. The summed E-state index contributed by atoms with van der Waals surface area (Å²) in [5.41, 5.74) is -1.30. The Labute approximate surface area is 256 Å². The molecule has 0 unspecified atom stereocenters. The monoisotopic (exact) mass is 634 g/mol. The standard InChI is InChI=1S/C31H32F6N6O2/c1-19-7-4-5-8-24(19)26-25-27(39-29(38-26)42-13-11-41(12-14-42)20(2)44)40(3)9-6-10-43(28(25)45)18-21-15-22(30(32,33)34)17-23(16-21)31(35,36)37/h4-5,7-8,15-17H,6,9-14,18H2,1-3H3. The highest BCUT2D eigenvalue weighted by Crippen LogP contribution is 2.38. The number of piperazine rings is 1. The molecule has 1 saturated heterocycles. The van der Waals surface area contributed by atoms with Crippen molar-refractivity contribution in [2.75, 3.05) is 56.1 Å². The van der Waals surface area contributed by atoms with Crippen molar-refractivity contribution in [3.63, 3.8) is 0 Å². The highest BCUT2D eigenvalue weighted by Gasteiger charge is 2.38. The van der Waals surface area contributed by atoms with Crippen LogP contribution in [0.15, 0.2) is 42.5 Å². The Hall–Kier alpha value is -4.36. The first-order chi connectivity index (χ1) is 21.1. The van der Waals surface area contributed by atoms with Gasteiger partial charge in [0.2, 0.25) is 11.9 Å². The van der Waals surface area contributed by atoms with Crippen molar-refractivity contribution in [1.29, 1.82) is 0 Å². The molecule has 0 N–H and O–H groups in total. The lowest BCUT2D eigenvalue weighted by molar-refractivity contribution is -0.143. The third-order valence-corrected chi connectivity index (χ3v) is 8.09. The van der Waals surface area contributed by atoms with E-state index in [9.17, 15) is 35.9 Å². The zero-order valence-corrected chi connectivity index (χ0v) is 25.0. The van der Waals surface area contributed by atoms with Crippen molar-refractivity contribution in [3.8, 4) is 11.3 Å². The highest BCUT2D eigenvalue weighted by molar-refractivity contribution is 6.05. The van der Waals surface area contributed by atoms with Gasteiger partial charge in [0.05, 0.1) is 16.8 Å². The predicted octanol–water partition coefficient (Wildman–Crippen LogP) is 5.64. The van der Waals surface area contributed by atoms with E-state index in [4.69, 9.17) is 9.97 Å². The Morgan fingerprint density at radius 3 is 2.07 bits per heavy atom. The second-order valence-electron chi connectivity index (χ2n) is 11.3. The number of carbonyl (C=O) groups is 2. The van der Waals surface area contributed by atoms with Crippen LogP contribution < -0.4 is 9.80 Å². The molecule has 0 aliphatic carbocycles. The Kier molecular flexibility index (Phi) is 8.69. The zero-order valence-electron chi connectivity index (χ0n) is 25.0. The highest BCUT2D eigenvalue weighted by atomic mass is 19.4. The van der Waals surface area contributed by atoms with E-state index < -0.39 is 35.9 Å². The van der Waals surface area contributed by atoms with Crippen LogP contribution in [-0.2, 0) is 23.7 Å². The maximum atomic E-state index is 14.3. The largest absolute Gasteiger partial charge is 0.416 e. The minimum absolute atomic E-state index is 0.0390. The van der Waals surface area contributed by atoms with Crippen LogP contribution in [-0.4, -0.2) is 77.9 Å². The fraction of sp³-hybridized carbons (Fsp3) is 0.419. The van der Waals surface area contributed by atoms with Gasteiger partial charge in [-0.1, -0.05) is 24.3 Å². The fourth-order valence-electron chi connectivity index (χ4n) is 5.65. The number of carbonyl (C=O) groups excluding carboxylic acids is 2. The molecule has 1 aromatic heterocycles. The van der Waals surface area contributed by atoms with E-state index >= 15 is 0 Å². The molecule has 5 rings (SSSR count). The van der Waals surface area contributed by atoms with E-state index in [0.717, 1.165) is 5.56 Å². The van der Waals surface area contributed by atoms with Gasteiger partial charge in [0, 0.05) is 65.3 Å². The number of aryl methyl sites for hydroxylation is 1. The first-order valence-corrected chi connectivity index (χ1v) is 14.4. The van der Waals surface area contributed by atoms with Crippen LogP contribution in [0.3, 0.4) is 0 Å². The van der Waals surface area contributed by atoms with Crippen molar-refractivity contribution in [2.24, 2.45) is 0 Å². The molecule has 2 aliphatic rings. The number of hydrogen-bond donors (Lipinski definition) is 0. The molecular weight excluding hydrogens is 602 g/mol. The van der Waals surface area contributed by atoms with Crippen LogP contribution in [0.5, 0.6) is 0 Å². The van der Waals surface area contributed by atoms with Crippen molar-refractivity contribution in [1.82, 2.24) is 19.8 Å². The summed E-state index contributed by atoms with van der Waals surface area (Å²) >= 11 is 0. The number of benzene rings is 2. The summed E-state index contributed by atoms with van der Waals surface area (Å²) in [5, 5.41) is 0. The predicted molar refractivity (Wildman–Crippen MR) is 156 cm³/mol. The molecule has 2 amide bonds. The number of anilines is 2. The Morgan fingerprint density at radius 2 is 1.49 bits per heavy atom. The van der Waals surface area contributed by atoms with Crippen LogP contribution in [0.2, 0.25) is 0 Å². The molecule has 2 aliphatic heterocycles. The van der Waals surface area contributed by atoms with E-state index in [0.29, 0.717) is 74.3 Å². The van der Waals surface area contributed by atoms with Crippen LogP contribution in [0.4, 0.5) is 38.1 Å². The smallest absolute Gasteiger partial charge is 0.359 e. The van der Waals surface area contributed by atoms with E-state index in [2.05, 4.69) is 0 Å². The Bertz CT molecular complexity index is 1570. The van der Waals surface area contributed by atoms with Crippen molar-refractivity contribution in [2.45, 2.75) is 39.2 Å². The fourth-order valence-corrected chi connectivity index (χ4v) is 5.65. The maximum Gasteiger partial charge on any atom is 0.416 e. The van der Waals surface area contributed by atoms with E-state index in [1.54, 1.807) is 24.1 Å². The quantitative estimate of drug-likeness (QED) is 0.346. The molecule has 240 valence electrons. The van der Waals surface area contributed by atoms with E-state index in [1.807, 2.05) is 28.9 Å². The first-order valence-electron chi connectivity index (χ1n) is 14.4. The molecule has 0 spiro atoms. The second kappa shape index (κ2) is 12.2. The third kappa shape index (κ3) is 6.84. The number of alkyl halides is 6. The average Bonchev–Trinajstić information content (AvgIpc) is 2.98. The van der Waals surface area contributed by atoms with Gasteiger partial charge in [0.15, 0.2) is 0 Å². The van der Waals surface area contributed by atoms with Crippen molar-refractivity contribution >= 4 is 23.6 Å². The van der Waals surface area contributed by atoms with Gasteiger partial charge in [0.1, 0.15) is 11.4 Å². The zero-order chi connectivity index (χ0) is 32.7. The van der Waals surface area contributed by atoms with Crippen LogP contribution >= 0.6 is 0 Å². The van der Waals surface area contributed by atoms with Crippen molar-refractivity contribution in [3.05, 3.63) is 70.3 Å². The van der Waals surface area contributed by atoms with Crippen LogP contribution in [0, 0.1) is 6.92 Å². The summed E-state index contributed by atoms with van der Waals surface area (Å²) in [6, 6.07) is 8.65. The third-order valence-electron chi connectivity index (χ3n) is 8.09. The van der Waals surface area contributed by atoms with Gasteiger partial charge >= 0.3 is 12.4 Å². The van der Waals surface area contributed by atoms with Gasteiger partial charge in [-0.15, -0.1) is 0 Å². The number of nitrogens with zero attached hydrogens (tertiary/aromatic N) is 6. The van der Waals surface area contributed by atoms with Gasteiger partial charge in [-0.2, -0.15) is 31.3 Å². The summed E-state index contributed by atoms with van der Waals surface area (Å²) in [5.74, 6) is 0.0215. The number of fused-ring (bicyclic) bond motifs is 1. The summed E-state index contributed by atoms with van der Waals surface area (Å²) in [6.45, 7) is 5.24. The molecule has 3 heterocycles. The number of hydrogen-bond acceptors (Lipinski definition) is 6. The molecule has 0 saturated carbocycles. The molecule has 0 radical (unpaired) electrons. The summed E-state index contributed by atoms with van der Waals surface area (Å²) < 4.78 is 81.5. The first kappa shape index (κ1) is 32.0. The lowest BCUT2D eigenvalue weighted by Crippen LogP contribution is -2.48. The molecule has 0 bridgehead atoms. The minimum Gasteiger partial charge on any atom is -0.359 e. The van der Waals surface area contributed by atoms with Crippen LogP contribution in [0.25, 0.3) is 11.3 Å². The van der Waals surface area contributed by atoms with E-state index in [-0.39, 0.29) is 29.6 Å². The van der Waals surface area contributed by atoms with Gasteiger partial charge < -0.3 is 19.6 Å². The number of amides is 2. The minimum atomic E-state index is -5.01. The summed E-state index contributed by atoms with van der Waals surface area (Å²) in [7, 11) is 1.77.